The monoisotopic (exact) mass is 389 g/mol. The average Bonchev–Trinajstić information content (AvgIpc) is 2.55. The van der Waals surface area contributed by atoms with Gasteiger partial charge in [0.15, 0.2) is 15.8 Å². The van der Waals surface area contributed by atoms with Crippen LogP contribution >= 0.6 is 24.0 Å². The number of guanidine groups is 1. The summed E-state index contributed by atoms with van der Waals surface area (Å²) in [5, 5.41) is 6.32. The van der Waals surface area contributed by atoms with Crippen LogP contribution in [0.3, 0.4) is 0 Å². The van der Waals surface area contributed by atoms with E-state index in [9.17, 15) is 8.42 Å². The summed E-state index contributed by atoms with van der Waals surface area (Å²) in [6.45, 7) is 7.73. The molecule has 108 valence electrons. The van der Waals surface area contributed by atoms with Gasteiger partial charge in [-0.1, -0.05) is 13.8 Å². The number of nitrogens with one attached hydrogen (secondary N) is 2. The minimum Gasteiger partial charge on any atom is -0.357 e. The first kappa shape index (κ1) is 17.9. The molecular weight excluding hydrogens is 365 g/mol. The molecule has 0 spiro atoms. The van der Waals surface area contributed by atoms with Gasteiger partial charge in [0.1, 0.15) is 0 Å². The standard InChI is InChI=1S/C11H23N3O2S.HI/c1-4-12-11(13-7-9(2)3)14-10-5-6-17(15,16)8-10;/h9-10H,4-8H2,1-3H3,(H2,12,13,14);1H. The summed E-state index contributed by atoms with van der Waals surface area (Å²) in [5.74, 6) is 1.73. The molecule has 0 aromatic carbocycles. The molecule has 1 heterocycles. The Morgan fingerprint density at radius 3 is 2.56 bits per heavy atom. The fourth-order valence-electron chi connectivity index (χ4n) is 1.70. The second-order valence-electron chi connectivity index (χ2n) is 4.86. The van der Waals surface area contributed by atoms with Gasteiger partial charge >= 0.3 is 0 Å². The van der Waals surface area contributed by atoms with Gasteiger partial charge in [-0.25, -0.2) is 8.42 Å². The Morgan fingerprint density at radius 1 is 1.44 bits per heavy atom. The minimum absolute atomic E-state index is 0. The highest BCUT2D eigenvalue weighted by Gasteiger charge is 2.28. The molecule has 1 atom stereocenters. The van der Waals surface area contributed by atoms with Crippen molar-refractivity contribution >= 4 is 39.8 Å². The number of sulfone groups is 1. The molecule has 0 aromatic rings. The summed E-state index contributed by atoms with van der Waals surface area (Å²) in [6.07, 6.45) is 0.675. The van der Waals surface area contributed by atoms with E-state index in [0.29, 0.717) is 12.3 Å². The predicted molar refractivity (Wildman–Crippen MR) is 86.4 cm³/mol. The third-order valence-electron chi connectivity index (χ3n) is 2.53. The highest BCUT2D eigenvalue weighted by atomic mass is 127. The van der Waals surface area contributed by atoms with Gasteiger partial charge in [0.2, 0.25) is 0 Å². The maximum Gasteiger partial charge on any atom is 0.191 e. The van der Waals surface area contributed by atoms with Crippen molar-refractivity contribution in [2.75, 3.05) is 24.6 Å². The molecule has 1 saturated heterocycles. The van der Waals surface area contributed by atoms with Crippen molar-refractivity contribution < 1.29 is 8.42 Å². The van der Waals surface area contributed by atoms with Crippen LogP contribution in [0, 0.1) is 5.92 Å². The van der Waals surface area contributed by atoms with Crippen LogP contribution in [0.2, 0.25) is 0 Å². The summed E-state index contributed by atoms with van der Waals surface area (Å²) >= 11 is 0. The lowest BCUT2D eigenvalue weighted by atomic mass is 10.2. The molecule has 0 saturated carbocycles. The third-order valence-corrected chi connectivity index (χ3v) is 4.30. The van der Waals surface area contributed by atoms with Crippen LogP contribution in [-0.4, -0.2) is 45.0 Å². The Labute approximate surface area is 127 Å². The van der Waals surface area contributed by atoms with E-state index >= 15 is 0 Å². The van der Waals surface area contributed by atoms with Crippen LogP contribution in [0.1, 0.15) is 27.2 Å². The van der Waals surface area contributed by atoms with Crippen molar-refractivity contribution in [3.05, 3.63) is 0 Å². The zero-order chi connectivity index (χ0) is 12.9. The normalized spacial score (nSPS) is 22.7. The molecule has 0 amide bonds. The second kappa shape index (κ2) is 8.19. The maximum atomic E-state index is 11.3. The van der Waals surface area contributed by atoms with Gasteiger partial charge in [0.05, 0.1) is 11.5 Å². The number of hydrogen-bond acceptors (Lipinski definition) is 3. The van der Waals surface area contributed by atoms with E-state index in [2.05, 4.69) is 29.5 Å². The quantitative estimate of drug-likeness (QED) is 0.428. The van der Waals surface area contributed by atoms with E-state index in [1.54, 1.807) is 0 Å². The second-order valence-corrected chi connectivity index (χ2v) is 7.09. The molecule has 0 aromatic heterocycles. The number of halogens is 1. The van der Waals surface area contributed by atoms with Gasteiger partial charge in [-0.3, -0.25) is 4.99 Å². The molecule has 5 nitrogen and oxygen atoms in total. The van der Waals surface area contributed by atoms with Crippen LogP contribution in [0.4, 0.5) is 0 Å². The zero-order valence-corrected chi connectivity index (χ0v) is 14.4. The first-order chi connectivity index (χ1) is 7.93. The first-order valence-electron chi connectivity index (χ1n) is 6.18. The molecular formula is C11H24IN3O2S. The molecule has 18 heavy (non-hydrogen) atoms. The molecule has 2 N–H and O–H groups in total. The van der Waals surface area contributed by atoms with E-state index in [4.69, 9.17) is 0 Å². The Balaban J connectivity index is 0.00000289. The summed E-state index contributed by atoms with van der Waals surface area (Å²) in [6, 6.07) is 0.00459. The van der Waals surface area contributed by atoms with Crippen LogP contribution < -0.4 is 10.6 Å². The highest BCUT2D eigenvalue weighted by Crippen LogP contribution is 2.10. The fraction of sp³-hybridized carbons (Fsp3) is 0.909. The van der Waals surface area contributed by atoms with Gasteiger partial charge < -0.3 is 10.6 Å². The lowest BCUT2D eigenvalue weighted by Gasteiger charge is -2.16. The van der Waals surface area contributed by atoms with Crippen molar-refractivity contribution in [1.82, 2.24) is 10.6 Å². The molecule has 0 bridgehead atoms. The Kier molecular flexibility index (Phi) is 8.16. The van der Waals surface area contributed by atoms with Gasteiger partial charge in [0.25, 0.3) is 0 Å². The van der Waals surface area contributed by atoms with Crippen LogP contribution in [-0.2, 0) is 9.84 Å². The van der Waals surface area contributed by atoms with Crippen LogP contribution in [0.5, 0.6) is 0 Å². The molecule has 1 aliphatic heterocycles. The van der Waals surface area contributed by atoms with Gasteiger partial charge in [-0.05, 0) is 19.3 Å². The molecule has 1 rings (SSSR count). The Bertz CT molecular complexity index is 368. The fourth-order valence-corrected chi connectivity index (χ4v) is 3.37. The lowest BCUT2D eigenvalue weighted by Crippen LogP contribution is -2.44. The van der Waals surface area contributed by atoms with Gasteiger partial charge in [-0.2, -0.15) is 0 Å². The Hall–Kier alpha value is -0.0500. The van der Waals surface area contributed by atoms with Gasteiger partial charge in [0, 0.05) is 19.1 Å². The summed E-state index contributed by atoms with van der Waals surface area (Å²) in [4.78, 5) is 4.42. The van der Waals surface area contributed by atoms with Crippen molar-refractivity contribution in [3.8, 4) is 0 Å². The first-order valence-corrected chi connectivity index (χ1v) is 8.00. The Morgan fingerprint density at radius 2 is 2.11 bits per heavy atom. The van der Waals surface area contributed by atoms with Gasteiger partial charge in [-0.15, -0.1) is 24.0 Å². The summed E-state index contributed by atoms with van der Waals surface area (Å²) in [7, 11) is -2.83. The largest absolute Gasteiger partial charge is 0.357 e. The van der Waals surface area contributed by atoms with Crippen LogP contribution in [0.15, 0.2) is 4.99 Å². The SMILES string of the molecule is CCNC(=NCC(C)C)NC1CCS(=O)(=O)C1.I. The van der Waals surface area contributed by atoms with Crippen molar-refractivity contribution in [2.24, 2.45) is 10.9 Å². The maximum absolute atomic E-state index is 11.3. The number of aliphatic imine (C=N–C) groups is 1. The van der Waals surface area contributed by atoms with Crippen molar-refractivity contribution in [3.63, 3.8) is 0 Å². The molecule has 1 unspecified atom stereocenters. The summed E-state index contributed by atoms with van der Waals surface area (Å²) in [5.41, 5.74) is 0. The number of rotatable bonds is 4. The average molecular weight is 389 g/mol. The van der Waals surface area contributed by atoms with E-state index in [0.717, 1.165) is 19.0 Å². The molecule has 1 aliphatic rings. The highest BCUT2D eigenvalue weighted by molar-refractivity contribution is 14.0. The number of nitrogens with zero attached hydrogens (tertiary/aromatic N) is 1. The smallest absolute Gasteiger partial charge is 0.191 e. The summed E-state index contributed by atoms with van der Waals surface area (Å²) < 4.78 is 22.7. The van der Waals surface area contributed by atoms with E-state index in [1.165, 1.54) is 0 Å². The van der Waals surface area contributed by atoms with Crippen LogP contribution in [0.25, 0.3) is 0 Å². The third kappa shape index (κ3) is 6.77. The number of hydrogen-bond donors (Lipinski definition) is 2. The van der Waals surface area contributed by atoms with E-state index in [-0.39, 0.29) is 41.5 Å². The van der Waals surface area contributed by atoms with E-state index < -0.39 is 9.84 Å². The molecule has 1 fully saturated rings. The van der Waals surface area contributed by atoms with Crippen molar-refractivity contribution in [2.45, 2.75) is 33.2 Å². The lowest BCUT2D eigenvalue weighted by molar-refractivity contribution is 0.599. The van der Waals surface area contributed by atoms with Crippen molar-refractivity contribution in [1.29, 1.82) is 0 Å². The predicted octanol–water partition coefficient (Wildman–Crippen LogP) is 1.00. The van der Waals surface area contributed by atoms with E-state index in [1.807, 2.05) is 6.92 Å². The minimum atomic E-state index is -2.83. The zero-order valence-electron chi connectivity index (χ0n) is 11.3. The molecule has 0 aliphatic carbocycles. The molecule has 7 heteroatoms. The molecule has 0 radical (unpaired) electrons. The topological polar surface area (TPSA) is 70.6 Å².